The van der Waals surface area contributed by atoms with Crippen LogP contribution in [0.3, 0.4) is 0 Å². The SMILES string of the molecule is CN1C(=O)C(n2cccc2)c2ccccc21. The number of para-hydroxylation sites is 1. The third kappa shape index (κ3) is 1.11. The summed E-state index contributed by atoms with van der Waals surface area (Å²) in [5.41, 5.74) is 2.08. The van der Waals surface area contributed by atoms with Crippen LogP contribution >= 0.6 is 0 Å². The zero-order valence-electron chi connectivity index (χ0n) is 9.00. The molecule has 0 fully saturated rings. The first-order valence-electron chi connectivity index (χ1n) is 5.28. The maximum absolute atomic E-state index is 12.2. The molecule has 0 N–H and O–H groups in total. The van der Waals surface area contributed by atoms with E-state index in [1.54, 1.807) is 4.90 Å². The highest BCUT2D eigenvalue weighted by Crippen LogP contribution is 2.36. The minimum atomic E-state index is -0.198. The van der Waals surface area contributed by atoms with Gasteiger partial charge in [-0.15, -0.1) is 0 Å². The fraction of sp³-hybridized carbons (Fsp3) is 0.154. The smallest absolute Gasteiger partial charge is 0.254 e. The molecule has 1 aliphatic rings. The first-order valence-corrected chi connectivity index (χ1v) is 5.28. The number of anilines is 1. The Morgan fingerprint density at radius 3 is 2.50 bits per heavy atom. The summed E-state index contributed by atoms with van der Waals surface area (Å²) < 4.78 is 1.95. The molecule has 1 atom stereocenters. The van der Waals surface area contributed by atoms with Crippen molar-refractivity contribution in [2.75, 3.05) is 11.9 Å². The Labute approximate surface area is 93.9 Å². The lowest BCUT2D eigenvalue weighted by Crippen LogP contribution is -2.26. The minimum absolute atomic E-state index is 0.123. The Balaban J connectivity index is 2.18. The van der Waals surface area contributed by atoms with Gasteiger partial charge in [-0.2, -0.15) is 0 Å². The lowest BCUT2D eigenvalue weighted by molar-refractivity contribution is -0.119. The predicted octanol–water partition coefficient (Wildman–Crippen LogP) is 2.05. The molecule has 0 saturated carbocycles. The molecule has 0 saturated heterocycles. The van der Waals surface area contributed by atoms with E-state index in [0.29, 0.717) is 0 Å². The molecule has 1 unspecified atom stereocenters. The minimum Gasteiger partial charge on any atom is -0.338 e. The van der Waals surface area contributed by atoms with Crippen LogP contribution in [0, 0.1) is 0 Å². The molecule has 3 heteroatoms. The van der Waals surface area contributed by atoms with E-state index in [-0.39, 0.29) is 11.9 Å². The van der Waals surface area contributed by atoms with Crippen LogP contribution in [-0.2, 0) is 4.79 Å². The second kappa shape index (κ2) is 3.23. The standard InChI is InChI=1S/C13H12N2O/c1-14-11-7-3-2-6-10(11)12(13(14)16)15-8-4-5-9-15/h2-9,12H,1H3. The van der Waals surface area contributed by atoms with Crippen LogP contribution in [0.1, 0.15) is 11.6 Å². The lowest BCUT2D eigenvalue weighted by atomic mass is 10.1. The van der Waals surface area contributed by atoms with Crippen LogP contribution in [0.5, 0.6) is 0 Å². The highest BCUT2D eigenvalue weighted by atomic mass is 16.2. The summed E-state index contributed by atoms with van der Waals surface area (Å²) in [5.74, 6) is 0.123. The van der Waals surface area contributed by atoms with E-state index in [9.17, 15) is 4.79 Å². The summed E-state index contributed by atoms with van der Waals surface area (Å²) in [6.07, 6.45) is 3.86. The molecule has 1 aromatic carbocycles. The van der Waals surface area contributed by atoms with Gasteiger partial charge < -0.3 is 9.47 Å². The van der Waals surface area contributed by atoms with Gasteiger partial charge in [-0.1, -0.05) is 18.2 Å². The second-order valence-corrected chi connectivity index (χ2v) is 3.99. The lowest BCUT2D eigenvalue weighted by Gasteiger charge is -2.12. The van der Waals surface area contributed by atoms with Crippen LogP contribution in [0.4, 0.5) is 5.69 Å². The van der Waals surface area contributed by atoms with Gasteiger partial charge in [-0.05, 0) is 18.2 Å². The highest BCUT2D eigenvalue weighted by Gasteiger charge is 2.35. The third-order valence-electron chi connectivity index (χ3n) is 3.08. The zero-order chi connectivity index (χ0) is 11.1. The Kier molecular flexibility index (Phi) is 1.86. The average molecular weight is 212 g/mol. The second-order valence-electron chi connectivity index (χ2n) is 3.99. The van der Waals surface area contributed by atoms with Crippen molar-refractivity contribution in [2.45, 2.75) is 6.04 Å². The summed E-state index contributed by atoms with van der Waals surface area (Å²) in [6.45, 7) is 0. The summed E-state index contributed by atoms with van der Waals surface area (Å²) in [4.78, 5) is 13.9. The number of carbonyl (C=O) groups excluding carboxylic acids is 1. The molecule has 2 aromatic rings. The van der Waals surface area contributed by atoms with Crippen LogP contribution in [-0.4, -0.2) is 17.5 Å². The van der Waals surface area contributed by atoms with Gasteiger partial charge in [0.25, 0.3) is 5.91 Å². The number of hydrogen-bond donors (Lipinski definition) is 0. The van der Waals surface area contributed by atoms with Gasteiger partial charge in [-0.3, -0.25) is 4.79 Å². The molecule has 16 heavy (non-hydrogen) atoms. The number of hydrogen-bond acceptors (Lipinski definition) is 1. The van der Waals surface area contributed by atoms with Gasteiger partial charge in [0.2, 0.25) is 0 Å². The maximum atomic E-state index is 12.2. The van der Waals surface area contributed by atoms with Gasteiger partial charge in [0.05, 0.1) is 0 Å². The van der Waals surface area contributed by atoms with Crippen LogP contribution in [0.25, 0.3) is 0 Å². The van der Waals surface area contributed by atoms with Gasteiger partial charge in [0.1, 0.15) is 6.04 Å². The molecule has 3 rings (SSSR count). The van der Waals surface area contributed by atoms with Crippen molar-refractivity contribution in [3.63, 3.8) is 0 Å². The summed E-state index contributed by atoms with van der Waals surface area (Å²) in [5, 5.41) is 0. The van der Waals surface area contributed by atoms with Crippen molar-refractivity contribution in [1.82, 2.24) is 4.57 Å². The fourth-order valence-electron chi connectivity index (χ4n) is 2.27. The molecule has 1 aliphatic heterocycles. The van der Waals surface area contributed by atoms with Gasteiger partial charge in [0.15, 0.2) is 0 Å². The normalized spacial score (nSPS) is 18.9. The number of rotatable bonds is 1. The number of fused-ring (bicyclic) bond motifs is 1. The monoisotopic (exact) mass is 212 g/mol. The van der Waals surface area contributed by atoms with Crippen LogP contribution < -0.4 is 4.90 Å². The van der Waals surface area contributed by atoms with E-state index in [0.717, 1.165) is 11.3 Å². The molecule has 2 heterocycles. The fourth-order valence-corrected chi connectivity index (χ4v) is 2.27. The number of benzene rings is 1. The van der Waals surface area contributed by atoms with Gasteiger partial charge in [0, 0.05) is 30.7 Å². The Morgan fingerprint density at radius 1 is 1.06 bits per heavy atom. The van der Waals surface area contributed by atoms with Crippen LogP contribution in [0.2, 0.25) is 0 Å². The predicted molar refractivity (Wildman–Crippen MR) is 62.4 cm³/mol. The average Bonchev–Trinajstić information content (AvgIpc) is 2.89. The maximum Gasteiger partial charge on any atom is 0.254 e. The largest absolute Gasteiger partial charge is 0.338 e. The van der Waals surface area contributed by atoms with Crippen molar-refractivity contribution >= 4 is 11.6 Å². The van der Waals surface area contributed by atoms with E-state index in [4.69, 9.17) is 0 Å². The van der Waals surface area contributed by atoms with Gasteiger partial charge in [-0.25, -0.2) is 0 Å². The number of likely N-dealkylation sites (N-methyl/N-ethyl adjacent to an activating group) is 1. The molecular formula is C13H12N2O. The van der Waals surface area contributed by atoms with E-state index >= 15 is 0 Å². The van der Waals surface area contributed by atoms with Gasteiger partial charge >= 0.3 is 0 Å². The molecule has 0 radical (unpaired) electrons. The quantitative estimate of drug-likeness (QED) is 0.710. The molecule has 3 nitrogen and oxygen atoms in total. The topological polar surface area (TPSA) is 25.2 Å². The zero-order valence-corrected chi connectivity index (χ0v) is 9.00. The number of amides is 1. The molecule has 0 aliphatic carbocycles. The first-order chi connectivity index (χ1) is 7.79. The van der Waals surface area contributed by atoms with Crippen molar-refractivity contribution < 1.29 is 4.79 Å². The molecule has 0 spiro atoms. The Hall–Kier alpha value is -2.03. The summed E-state index contributed by atoms with van der Waals surface area (Å²) in [6, 6.07) is 11.6. The molecule has 1 amide bonds. The third-order valence-corrected chi connectivity index (χ3v) is 3.08. The van der Waals surface area contributed by atoms with Crippen LogP contribution in [0.15, 0.2) is 48.8 Å². The van der Waals surface area contributed by atoms with Crippen molar-refractivity contribution in [3.05, 3.63) is 54.4 Å². The molecule has 80 valence electrons. The Morgan fingerprint density at radius 2 is 1.75 bits per heavy atom. The number of carbonyl (C=O) groups is 1. The van der Waals surface area contributed by atoms with E-state index in [2.05, 4.69) is 0 Å². The molecule has 0 bridgehead atoms. The van der Waals surface area contributed by atoms with E-state index < -0.39 is 0 Å². The summed E-state index contributed by atoms with van der Waals surface area (Å²) in [7, 11) is 1.82. The molecule has 1 aromatic heterocycles. The van der Waals surface area contributed by atoms with E-state index in [1.807, 2.05) is 60.4 Å². The van der Waals surface area contributed by atoms with Crippen molar-refractivity contribution in [3.8, 4) is 0 Å². The van der Waals surface area contributed by atoms with Crippen molar-refractivity contribution in [2.24, 2.45) is 0 Å². The van der Waals surface area contributed by atoms with Crippen molar-refractivity contribution in [1.29, 1.82) is 0 Å². The first kappa shape index (κ1) is 9.21. The highest BCUT2D eigenvalue weighted by molar-refractivity contribution is 6.04. The van der Waals surface area contributed by atoms with E-state index in [1.165, 1.54) is 0 Å². The molecular weight excluding hydrogens is 200 g/mol. The summed E-state index contributed by atoms with van der Waals surface area (Å²) >= 11 is 0. The number of nitrogens with zero attached hydrogens (tertiary/aromatic N) is 2. The Bertz CT molecular complexity index is 531. The number of aromatic nitrogens is 1.